The van der Waals surface area contributed by atoms with Crippen molar-refractivity contribution in [2.45, 2.75) is 25.8 Å². The van der Waals surface area contributed by atoms with Crippen LogP contribution in [0.4, 0.5) is 8.78 Å². The van der Waals surface area contributed by atoms with Crippen molar-refractivity contribution in [3.8, 4) is 0 Å². The van der Waals surface area contributed by atoms with E-state index in [-0.39, 0.29) is 6.42 Å². The van der Waals surface area contributed by atoms with E-state index in [1.807, 2.05) is 13.0 Å². The van der Waals surface area contributed by atoms with Crippen LogP contribution in [0.5, 0.6) is 0 Å². The highest BCUT2D eigenvalue weighted by molar-refractivity contribution is 6.31. The van der Waals surface area contributed by atoms with Crippen LogP contribution in [0, 0.1) is 6.92 Å². The highest BCUT2D eigenvalue weighted by atomic mass is 35.5. The summed E-state index contributed by atoms with van der Waals surface area (Å²) in [5.74, 6) is 0. The van der Waals surface area contributed by atoms with Gasteiger partial charge in [-0.2, -0.15) is 0 Å². The maximum absolute atomic E-state index is 12.2. The molecule has 1 nitrogen and oxygen atoms in total. The summed E-state index contributed by atoms with van der Waals surface area (Å²) >= 11 is 5.88. The van der Waals surface area contributed by atoms with Gasteiger partial charge in [0.25, 0.3) is 6.43 Å². The van der Waals surface area contributed by atoms with Gasteiger partial charge in [0.1, 0.15) is 0 Å². The standard InChI is InChI=1S/C10H12ClF2N/c1-6-3-2-4-8(11)7(6)5-9(14)10(12)13/h2-4,9-10H,5,14H2,1H3. The van der Waals surface area contributed by atoms with E-state index < -0.39 is 12.5 Å². The fourth-order valence-electron chi connectivity index (χ4n) is 1.25. The van der Waals surface area contributed by atoms with Gasteiger partial charge < -0.3 is 5.73 Å². The summed E-state index contributed by atoms with van der Waals surface area (Å²) in [5, 5.41) is 0.501. The third-order valence-corrected chi connectivity index (χ3v) is 2.47. The van der Waals surface area contributed by atoms with E-state index in [2.05, 4.69) is 0 Å². The van der Waals surface area contributed by atoms with E-state index in [0.717, 1.165) is 5.56 Å². The number of aryl methyl sites for hydroxylation is 1. The molecule has 0 aliphatic rings. The first-order valence-electron chi connectivity index (χ1n) is 4.30. The smallest absolute Gasteiger partial charge is 0.253 e. The summed E-state index contributed by atoms with van der Waals surface area (Å²) in [6.07, 6.45) is -2.39. The van der Waals surface area contributed by atoms with E-state index in [9.17, 15) is 8.78 Å². The molecule has 1 atom stereocenters. The molecule has 0 fully saturated rings. The lowest BCUT2D eigenvalue weighted by Gasteiger charge is -2.13. The molecule has 1 unspecified atom stereocenters. The molecule has 0 bridgehead atoms. The normalized spacial score (nSPS) is 13.3. The average Bonchev–Trinajstić information content (AvgIpc) is 2.11. The van der Waals surface area contributed by atoms with Crippen molar-refractivity contribution < 1.29 is 8.78 Å². The number of nitrogens with two attached hydrogens (primary N) is 1. The van der Waals surface area contributed by atoms with Crippen LogP contribution in [-0.2, 0) is 6.42 Å². The molecular formula is C10H12ClF2N. The number of hydrogen-bond donors (Lipinski definition) is 1. The first-order valence-corrected chi connectivity index (χ1v) is 4.68. The van der Waals surface area contributed by atoms with Crippen molar-refractivity contribution in [3.63, 3.8) is 0 Å². The van der Waals surface area contributed by atoms with Crippen molar-refractivity contribution in [1.82, 2.24) is 0 Å². The van der Waals surface area contributed by atoms with Gasteiger partial charge in [-0.05, 0) is 30.5 Å². The van der Waals surface area contributed by atoms with Crippen LogP contribution in [0.25, 0.3) is 0 Å². The predicted octanol–water partition coefficient (Wildman–Crippen LogP) is 2.78. The first-order chi connectivity index (χ1) is 6.52. The monoisotopic (exact) mass is 219 g/mol. The first kappa shape index (κ1) is 11.4. The molecule has 78 valence electrons. The zero-order valence-corrected chi connectivity index (χ0v) is 8.56. The molecule has 1 aromatic rings. The van der Waals surface area contributed by atoms with Crippen molar-refractivity contribution >= 4 is 11.6 Å². The SMILES string of the molecule is Cc1cccc(Cl)c1CC(N)C(F)F. The van der Waals surface area contributed by atoms with Gasteiger partial charge in [0, 0.05) is 5.02 Å². The molecule has 14 heavy (non-hydrogen) atoms. The van der Waals surface area contributed by atoms with Crippen molar-refractivity contribution in [2.24, 2.45) is 5.73 Å². The summed E-state index contributed by atoms with van der Waals surface area (Å²) in [6.45, 7) is 1.83. The minimum absolute atomic E-state index is 0.114. The van der Waals surface area contributed by atoms with E-state index in [4.69, 9.17) is 17.3 Å². The highest BCUT2D eigenvalue weighted by Gasteiger charge is 2.17. The van der Waals surface area contributed by atoms with Gasteiger partial charge in [-0.1, -0.05) is 23.7 Å². The van der Waals surface area contributed by atoms with E-state index in [1.54, 1.807) is 12.1 Å². The Morgan fingerprint density at radius 1 is 1.43 bits per heavy atom. The Balaban J connectivity index is 2.85. The topological polar surface area (TPSA) is 26.0 Å². The second-order valence-electron chi connectivity index (χ2n) is 3.24. The molecule has 4 heteroatoms. The van der Waals surface area contributed by atoms with E-state index >= 15 is 0 Å². The van der Waals surface area contributed by atoms with E-state index in [0.29, 0.717) is 10.6 Å². The van der Waals surface area contributed by atoms with Gasteiger partial charge >= 0.3 is 0 Å². The fraction of sp³-hybridized carbons (Fsp3) is 0.400. The van der Waals surface area contributed by atoms with Gasteiger partial charge in [-0.25, -0.2) is 8.78 Å². The Morgan fingerprint density at radius 2 is 2.07 bits per heavy atom. The molecule has 0 saturated heterocycles. The molecule has 0 radical (unpaired) electrons. The average molecular weight is 220 g/mol. The molecule has 0 aliphatic heterocycles. The Hall–Kier alpha value is -0.670. The summed E-state index contributed by atoms with van der Waals surface area (Å²) in [4.78, 5) is 0. The van der Waals surface area contributed by atoms with Crippen molar-refractivity contribution in [3.05, 3.63) is 34.3 Å². The zero-order valence-electron chi connectivity index (χ0n) is 7.81. The molecule has 0 aliphatic carbocycles. The number of benzene rings is 1. The minimum Gasteiger partial charge on any atom is -0.323 e. The number of alkyl halides is 2. The van der Waals surface area contributed by atoms with Crippen molar-refractivity contribution in [1.29, 1.82) is 0 Å². The molecule has 1 rings (SSSR count). The molecule has 1 aromatic carbocycles. The quantitative estimate of drug-likeness (QED) is 0.831. The molecule has 0 amide bonds. The fourth-order valence-corrected chi connectivity index (χ4v) is 1.55. The summed E-state index contributed by atoms with van der Waals surface area (Å²) < 4.78 is 24.4. The molecule has 0 aromatic heterocycles. The maximum atomic E-state index is 12.2. The minimum atomic E-state index is -2.51. The lowest BCUT2D eigenvalue weighted by Crippen LogP contribution is -2.31. The van der Waals surface area contributed by atoms with Crippen LogP contribution in [0.1, 0.15) is 11.1 Å². The van der Waals surface area contributed by atoms with E-state index in [1.165, 1.54) is 0 Å². The number of rotatable bonds is 3. The van der Waals surface area contributed by atoms with Gasteiger partial charge in [-0.3, -0.25) is 0 Å². The van der Waals surface area contributed by atoms with Gasteiger partial charge in [0.15, 0.2) is 0 Å². The zero-order chi connectivity index (χ0) is 10.7. The van der Waals surface area contributed by atoms with Crippen LogP contribution in [-0.4, -0.2) is 12.5 Å². The van der Waals surface area contributed by atoms with Gasteiger partial charge in [0.05, 0.1) is 6.04 Å². The van der Waals surface area contributed by atoms with Gasteiger partial charge in [-0.15, -0.1) is 0 Å². The third kappa shape index (κ3) is 2.66. The highest BCUT2D eigenvalue weighted by Crippen LogP contribution is 2.21. The Morgan fingerprint density at radius 3 is 2.57 bits per heavy atom. The second kappa shape index (κ2) is 4.71. The van der Waals surface area contributed by atoms with Crippen LogP contribution in [0.2, 0.25) is 5.02 Å². The summed E-state index contributed by atoms with van der Waals surface area (Å²) in [6, 6.07) is 4.16. The molecule has 0 spiro atoms. The predicted molar refractivity (Wildman–Crippen MR) is 53.9 cm³/mol. The lowest BCUT2D eigenvalue weighted by atomic mass is 10.0. The number of hydrogen-bond acceptors (Lipinski definition) is 1. The van der Waals surface area contributed by atoms with Crippen LogP contribution in [0.15, 0.2) is 18.2 Å². The Kier molecular flexibility index (Phi) is 3.84. The number of halogens is 3. The van der Waals surface area contributed by atoms with Crippen LogP contribution >= 0.6 is 11.6 Å². The van der Waals surface area contributed by atoms with Gasteiger partial charge in [0.2, 0.25) is 0 Å². The summed E-state index contributed by atoms with van der Waals surface area (Å²) in [5.41, 5.74) is 6.88. The molecular weight excluding hydrogens is 208 g/mol. The molecule has 0 heterocycles. The van der Waals surface area contributed by atoms with Crippen molar-refractivity contribution in [2.75, 3.05) is 0 Å². The third-order valence-electron chi connectivity index (χ3n) is 2.12. The second-order valence-corrected chi connectivity index (χ2v) is 3.64. The largest absolute Gasteiger partial charge is 0.323 e. The van der Waals surface area contributed by atoms with Crippen LogP contribution in [0.3, 0.4) is 0 Å². The Labute approximate surface area is 86.9 Å². The lowest BCUT2D eigenvalue weighted by molar-refractivity contribution is 0.116. The Bertz CT molecular complexity index is 295. The molecule has 2 N–H and O–H groups in total. The summed E-state index contributed by atoms with van der Waals surface area (Å²) in [7, 11) is 0. The van der Waals surface area contributed by atoms with Crippen LogP contribution < -0.4 is 5.73 Å². The maximum Gasteiger partial charge on any atom is 0.253 e. The molecule has 0 saturated carbocycles.